The zero-order chi connectivity index (χ0) is 13.5. The van der Waals surface area contributed by atoms with Crippen molar-refractivity contribution in [2.24, 2.45) is 17.8 Å². The molecule has 20 heavy (non-hydrogen) atoms. The summed E-state index contributed by atoms with van der Waals surface area (Å²) in [6.45, 7) is 5.51. The number of nitrogens with one attached hydrogen (secondary N) is 2. The Morgan fingerprint density at radius 1 is 1.15 bits per heavy atom. The summed E-state index contributed by atoms with van der Waals surface area (Å²) in [6.07, 6.45) is 9.66. The molecule has 118 valence electrons. The Morgan fingerprint density at radius 3 is 2.55 bits per heavy atom. The molecule has 2 rings (SSSR count). The lowest BCUT2D eigenvalue weighted by Gasteiger charge is -2.29. The highest BCUT2D eigenvalue weighted by molar-refractivity contribution is 5.85. The molecule has 1 heterocycles. The maximum Gasteiger partial charge on any atom is 0.220 e. The summed E-state index contributed by atoms with van der Waals surface area (Å²) >= 11 is 0. The molecule has 1 aliphatic carbocycles. The molecule has 1 saturated heterocycles. The number of piperidine rings is 1. The van der Waals surface area contributed by atoms with Crippen molar-refractivity contribution in [2.45, 2.75) is 58.3 Å². The van der Waals surface area contributed by atoms with Gasteiger partial charge in [-0.05, 0) is 56.5 Å². The molecule has 4 heteroatoms. The van der Waals surface area contributed by atoms with Crippen molar-refractivity contribution in [1.82, 2.24) is 10.6 Å². The van der Waals surface area contributed by atoms with Crippen LogP contribution in [0, 0.1) is 17.8 Å². The molecule has 2 fully saturated rings. The van der Waals surface area contributed by atoms with E-state index in [4.69, 9.17) is 0 Å². The van der Waals surface area contributed by atoms with Crippen LogP contribution in [-0.2, 0) is 4.79 Å². The topological polar surface area (TPSA) is 41.1 Å². The van der Waals surface area contributed by atoms with Crippen molar-refractivity contribution >= 4 is 18.3 Å². The number of halogens is 1. The molecule has 0 aromatic carbocycles. The number of carbonyl (C=O) groups excluding carboxylic acids is 1. The number of hydrogen-bond acceptors (Lipinski definition) is 2. The van der Waals surface area contributed by atoms with Crippen LogP contribution in [0.25, 0.3) is 0 Å². The van der Waals surface area contributed by atoms with Gasteiger partial charge in [-0.3, -0.25) is 4.79 Å². The summed E-state index contributed by atoms with van der Waals surface area (Å²) in [5.74, 6) is 2.55. The van der Waals surface area contributed by atoms with E-state index in [9.17, 15) is 4.79 Å². The highest BCUT2D eigenvalue weighted by Gasteiger charge is 2.21. The number of carbonyl (C=O) groups is 1. The highest BCUT2D eigenvalue weighted by atomic mass is 35.5. The third kappa shape index (κ3) is 6.01. The van der Waals surface area contributed by atoms with Crippen molar-refractivity contribution in [1.29, 1.82) is 0 Å². The summed E-state index contributed by atoms with van der Waals surface area (Å²) in [4.78, 5) is 11.9. The van der Waals surface area contributed by atoms with Gasteiger partial charge in [0.25, 0.3) is 0 Å². The summed E-state index contributed by atoms with van der Waals surface area (Å²) in [7, 11) is 0. The third-order valence-corrected chi connectivity index (χ3v) is 5.09. The van der Waals surface area contributed by atoms with Crippen LogP contribution in [0.15, 0.2) is 0 Å². The van der Waals surface area contributed by atoms with E-state index in [-0.39, 0.29) is 18.3 Å². The van der Waals surface area contributed by atoms with Gasteiger partial charge in [-0.1, -0.05) is 26.2 Å². The predicted octanol–water partition coefficient (Wildman–Crippen LogP) is 3.13. The van der Waals surface area contributed by atoms with E-state index in [1.807, 2.05) is 0 Å². The molecule has 0 aromatic heterocycles. The first-order chi connectivity index (χ1) is 9.25. The van der Waals surface area contributed by atoms with Gasteiger partial charge in [0.2, 0.25) is 5.91 Å². The second kappa shape index (κ2) is 9.62. The lowest BCUT2D eigenvalue weighted by atomic mass is 9.80. The SMILES string of the molecule is CC1CCCCC1CNC(=O)CCC1CCNCC1.Cl. The van der Waals surface area contributed by atoms with Crippen molar-refractivity contribution in [2.75, 3.05) is 19.6 Å². The minimum atomic E-state index is 0. The largest absolute Gasteiger partial charge is 0.356 e. The fourth-order valence-corrected chi connectivity index (χ4v) is 3.54. The average Bonchev–Trinajstić information content (AvgIpc) is 2.45. The summed E-state index contributed by atoms with van der Waals surface area (Å²) in [6, 6.07) is 0. The van der Waals surface area contributed by atoms with Gasteiger partial charge in [0, 0.05) is 13.0 Å². The van der Waals surface area contributed by atoms with Crippen molar-refractivity contribution in [3.8, 4) is 0 Å². The van der Waals surface area contributed by atoms with Gasteiger partial charge in [-0.15, -0.1) is 12.4 Å². The average molecular weight is 303 g/mol. The lowest BCUT2D eigenvalue weighted by molar-refractivity contribution is -0.121. The molecule has 2 atom stereocenters. The van der Waals surface area contributed by atoms with Crippen molar-refractivity contribution in [3.05, 3.63) is 0 Å². The Balaban J connectivity index is 0.00000200. The van der Waals surface area contributed by atoms with Gasteiger partial charge >= 0.3 is 0 Å². The fourth-order valence-electron chi connectivity index (χ4n) is 3.54. The molecule has 0 bridgehead atoms. The first-order valence-corrected chi connectivity index (χ1v) is 8.23. The van der Waals surface area contributed by atoms with Gasteiger partial charge in [0.05, 0.1) is 0 Å². The molecule has 0 radical (unpaired) electrons. The standard InChI is InChI=1S/C16H30N2O.ClH/c1-13-4-2-3-5-15(13)12-18-16(19)7-6-14-8-10-17-11-9-14;/h13-15,17H,2-12H2,1H3,(H,18,19);1H. The smallest absolute Gasteiger partial charge is 0.220 e. The molecular formula is C16H31ClN2O. The summed E-state index contributed by atoms with van der Waals surface area (Å²) in [5.41, 5.74) is 0. The zero-order valence-electron chi connectivity index (χ0n) is 12.8. The minimum Gasteiger partial charge on any atom is -0.356 e. The quantitative estimate of drug-likeness (QED) is 0.819. The molecule has 3 nitrogen and oxygen atoms in total. The van der Waals surface area contributed by atoms with Crippen LogP contribution in [-0.4, -0.2) is 25.5 Å². The third-order valence-electron chi connectivity index (χ3n) is 5.09. The zero-order valence-corrected chi connectivity index (χ0v) is 13.6. The van der Waals surface area contributed by atoms with E-state index in [2.05, 4.69) is 17.6 Å². The summed E-state index contributed by atoms with van der Waals surface area (Å²) in [5, 5.41) is 6.54. The van der Waals surface area contributed by atoms with E-state index >= 15 is 0 Å². The van der Waals surface area contributed by atoms with Crippen LogP contribution in [0.1, 0.15) is 58.3 Å². The van der Waals surface area contributed by atoms with Gasteiger partial charge in [-0.2, -0.15) is 0 Å². The van der Waals surface area contributed by atoms with E-state index < -0.39 is 0 Å². The second-order valence-corrected chi connectivity index (χ2v) is 6.56. The molecule has 0 spiro atoms. The maximum absolute atomic E-state index is 11.9. The Labute approximate surface area is 130 Å². The molecule has 1 amide bonds. The van der Waals surface area contributed by atoms with Crippen LogP contribution in [0.2, 0.25) is 0 Å². The second-order valence-electron chi connectivity index (χ2n) is 6.56. The molecule has 2 aliphatic rings. The Kier molecular flexibility index (Phi) is 8.55. The Bertz CT molecular complexity index is 280. The first-order valence-electron chi connectivity index (χ1n) is 8.23. The van der Waals surface area contributed by atoms with E-state index in [0.717, 1.165) is 50.2 Å². The van der Waals surface area contributed by atoms with Crippen LogP contribution >= 0.6 is 12.4 Å². The van der Waals surface area contributed by atoms with E-state index in [0.29, 0.717) is 0 Å². The molecular weight excluding hydrogens is 272 g/mol. The fraction of sp³-hybridized carbons (Fsp3) is 0.938. The Hall–Kier alpha value is -0.280. The Morgan fingerprint density at radius 2 is 1.85 bits per heavy atom. The maximum atomic E-state index is 11.9. The molecule has 2 unspecified atom stereocenters. The van der Waals surface area contributed by atoms with Crippen LogP contribution in [0.3, 0.4) is 0 Å². The predicted molar refractivity (Wildman–Crippen MR) is 86.2 cm³/mol. The van der Waals surface area contributed by atoms with Gasteiger partial charge < -0.3 is 10.6 Å². The number of hydrogen-bond donors (Lipinski definition) is 2. The number of amides is 1. The normalized spacial score (nSPS) is 27.6. The van der Waals surface area contributed by atoms with Crippen LogP contribution in [0.5, 0.6) is 0 Å². The van der Waals surface area contributed by atoms with Crippen molar-refractivity contribution in [3.63, 3.8) is 0 Å². The molecule has 1 saturated carbocycles. The van der Waals surface area contributed by atoms with Gasteiger partial charge in [-0.25, -0.2) is 0 Å². The van der Waals surface area contributed by atoms with Crippen molar-refractivity contribution < 1.29 is 4.79 Å². The molecule has 1 aliphatic heterocycles. The molecule has 2 N–H and O–H groups in total. The van der Waals surface area contributed by atoms with Gasteiger partial charge in [0.15, 0.2) is 0 Å². The van der Waals surface area contributed by atoms with E-state index in [1.54, 1.807) is 0 Å². The molecule has 0 aromatic rings. The van der Waals surface area contributed by atoms with E-state index in [1.165, 1.54) is 38.5 Å². The highest BCUT2D eigenvalue weighted by Crippen LogP contribution is 2.28. The number of rotatable bonds is 5. The first kappa shape index (κ1) is 17.8. The lowest BCUT2D eigenvalue weighted by Crippen LogP contribution is -2.34. The summed E-state index contributed by atoms with van der Waals surface area (Å²) < 4.78 is 0. The van der Waals surface area contributed by atoms with Crippen LogP contribution in [0.4, 0.5) is 0 Å². The van der Waals surface area contributed by atoms with Crippen LogP contribution < -0.4 is 10.6 Å². The van der Waals surface area contributed by atoms with Gasteiger partial charge in [0.1, 0.15) is 0 Å². The monoisotopic (exact) mass is 302 g/mol. The minimum absolute atomic E-state index is 0.